The molecule has 1 heterocycles. The van der Waals surface area contributed by atoms with E-state index in [9.17, 15) is 33.4 Å². The molecule has 0 saturated carbocycles. The third kappa shape index (κ3) is 2.78. The summed E-state index contributed by atoms with van der Waals surface area (Å²) >= 11 is 5.54. The predicted molar refractivity (Wildman–Crippen MR) is 71.2 cm³/mol. The van der Waals surface area contributed by atoms with Crippen molar-refractivity contribution in [2.24, 2.45) is 0 Å². The highest BCUT2D eigenvalue weighted by atomic mass is 35.5. The molecular weight excluding hydrogens is 331 g/mol. The lowest BCUT2D eigenvalue weighted by Crippen LogP contribution is -2.21. The monoisotopic (exact) mass is 339 g/mol. The van der Waals surface area contributed by atoms with E-state index in [0.717, 1.165) is 0 Å². The van der Waals surface area contributed by atoms with Gasteiger partial charge in [-0.2, -0.15) is 13.2 Å². The maximum Gasteiger partial charge on any atom is 0.418 e. The summed E-state index contributed by atoms with van der Waals surface area (Å²) in [5.41, 5.74) is -4.10. The largest absolute Gasteiger partial charge is 0.418 e. The van der Waals surface area contributed by atoms with Crippen molar-refractivity contribution in [1.29, 1.82) is 0 Å². The second-order valence-electron chi connectivity index (χ2n) is 4.66. The van der Waals surface area contributed by atoms with Crippen molar-refractivity contribution in [3.8, 4) is 0 Å². The Morgan fingerprint density at radius 2 is 1.68 bits per heavy atom. The summed E-state index contributed by atoms with van der Waals surface area (Å²) in [6.07, 6.45) is -3.77. The number of alkyl halides is 3. The van der Waals surface area contributed by atoms with E-state index in [1.54, 1.807) is 0 Å². The fourth-order valence-electron chi connectivity index (χ4n) is 2.39. The molecule has 0 bridgehead atoms. The summed E-state index contributed by atoms with van der Waals surface area (Å²) in [6.45, 7) is 0.562. The first-order valence-electron chi connectivity index (χ1n) is 6.12. The first kappa shape index (κ1) is 16.3. The number of benzene rings is 1. The molecule has 0 atom stereocenters. The molecule has 1 aromatic carbocycles. The highest BCUT2D eigenvalue weighted by Gasteiger charge is 2.43. The second kappa shape index (κ2) is 5.59. The van der Waals surface area contributed by atoms with Crippen LogP contribution in [0.1, 0.15) is 18.4 Å². The fraction of sp³-hybridized carbons (Fsp3) is 0.455. The SMILES string of the molecule is O=[N+]([O-])c1cc(C(F)(F)F)c(Cl)c([N+](=O)[O-])c1N1CCCC1. The van der Waals surface area contributed by atoms with E-state index in [1.807, 2.05) is 0 Å². The Balaban J connectivity index is 2.83. The molecule has 120 valence electrons. The Bertz CT molecular complexity index is 644. The molecule has 0 spiro atoms. The number of nitro groups is 2. The normalized spacial score (nSPS) is 15.2. The topological polar surface area (TPSA) is 89.5 Å². The van der Waals surface area contributed by atoms with E-state index in [1.165, 1.54) is 4.90 Å². The smallest absolute Gasteiger partial charge is 0.360 e. The molecule has 2 rings (SSSR count). The summed E-state index contributed by atoms with van der Waals surface area (Å²) in [5, 5.41) is 21.1. The predicted octanol–water partition coefficient (Wildman–Crippen LogP) is 3.78. The van der Waals surface area contributed by atoms with Gasteiger partial charge in [0.25, 0.3) is 5.69 Å². The van der Waals surface area contributed by atoms with Crippen LogP contribution in [0, 0.1) is 20.2 Å². The van der Waals surface area contributed by atoms with Gasteiger partial charge < -0.3 is 4.90 Å². The summed E-state index contributed by atoms with van der Waals surface area (Å²) in [6, 6.07) is 0.253. The van der Waals surface area contributed by atoms with Crippen molar-refractivity contribution < 1.29 is 23.0 Å². The molecule has 0 unspecified atom stereocenters. The van der Waals surface area contributed by atoms with Gasteiger partial charge in [0, 0.05) is 19.2 Å². The average Bonchev–Trinajstić information content (AvgIpc) is 2.88. The van der Waals surface area contributed by atoms with Gasteiger partial charge in [0.05, 0.1) is 15.4 Å². The number of nitro benzene ring substituents is 2. The molecule has 1 saturated heterocycles. The van der Waals surface area contributed by atoms with E-state index >= 15 is 0 Å². The molecule has 7 nitrogen and oxygen atoms in total. The van der Waals surface area contributed by atoms with Crippen LogP contribution in [-0.2, 0) is 6.18 Å². The molecule has 11 heteroatoms. The van der Waals surface area contributed by atoms with Crippen LogP contribution >= 0.6 is 11.6 Å². The number of halogens is 4. The average molecular weight is 340 g/mol. The minimum atomic E-state index is -5.03. The minimum absolute atomic E-state index is 0.253. The van der Waals surface area contributed by atoms with Gasteiger partial charge in [0.2, 0.25) is 0 Å². The zero-order valence-electron chi connectivity index (χ0n) is 10.9. The molecule has 1 fully saturated rings. The van der Waals surface area contributed by atoms with Crippen LogP contribution in [0.2, 0.25) is 5.02 Å². The summed E-state index contributed by atoms with van der Waals surface area (Å²) in [4.78, 5) is 21.4. The molecular formula is C11H9ClF3N3O4. The quantitative estimate of drug-likeness (QED) is 0.617. The molecule has 1 aliphatic rings. The second-order valence-corrected chi connectivity index (χ2v) is 5.04. The first-order chi connectivity index (χ1) is 10.1. The number of rotatable bonds is 3. The van der Waals surface area contributed by atoms with E-state index in [4.69, 9.17) is 11.6 Å². The van der Waals surface area contributed by atoms with E-state index in [0.29, 0.717) is 12.8 Å². The lowest BCUT2D eigenvalue weighted by Gasteiger charge is -2.19. The minimum Gasteiger partial charge on any atom is -0.360 e. The van der Waals surface area contributed by atoms with Crippen molar-refractivity contribution in [3.05, 3.63) is 36.9 Å². The number of hydrogen-bond donors (Lipinski definition) is 0. The molecule has 0 amide bonds. The highest BCUT2D eigenvalue weighted by molar-refractivity contribution is 6.34. The van der Waals surface area contributed by atoms with Gasteiger partial charge in [0.15, 0.2) is 5.69 Å². The maximum absolute atomic E-state index is 12.9. The van der Waals surface area contributed by atoms with Crippen LogP contribution in [0.25, 0.3) is 0 Å². The lowest BCUT2D eigenvalue weighted by atomic mass is 10.1. The Labute approximate surface area is 126 Å². The Morgan fingerprint density at radius 3 is 2.09 bits per heavy atom. The third-order valence-corrected chi connectivity index (χ3v) is 3.68. The van der Waals surface area contributed by atoms with Crippen LogP contribution in [-0.4, -0.2) is 22.9 Å². The summed E-state index contributed by atoms with van der Waals surface area (Å²) < 4.78 is 38.7. The van der Waals surface area contributed by atoms with Gasteiger partial charge in [0.1, 0.15) is 5.02 Å². The molecule has 22 heavy (non-hydrogen) atoms. The molecule has 1 aliphatic heterocycles. The van der Waals surface area contributed by atoms with Crippen molar-refractivity contribution in [2.45, 2.75) is 19.0 Å². The van der Waals surface area contributed by atoms with Gasteiger partial charge in [-0.3, -0.25) is 20.2 Å². The molecule has 0 radical (unpaired) electrons. The van der Waals surface area contributed by atoms with Gasteiger partial charge in [-0.1, -0.05) is 11.6 Å². The molecule has 0 N–H and O–H groups in total. The van der Waals surface area contributed by atoms with Crippen LogP contribution < -0.4 is 4.90 Å². The fourth-order valence-corrected chi connectivity index (χ4v) is 2.71. The summed E-state index contributed by atoms with van der Waals surface area (Å²) in [5.74, 6) is 0. The van der Waals surface area contributed by atoms with Gasteiger partial charge >= 0.3 is 11.9 Å². The Kier molecular flexibility index (Phi) is 4.14. The van der Waals surface area contributed by atoms with Crippen LogP contribution in [0.5, 0.6) is 0 Å². The van der Waals surface area contributed by atoms with Gasteiger partial charge in [-0.15, -0.1) is 0 Å². The number of nitrogens with zero attached hydrogens (tertiary/aromatic N) is 3. The van der Waals surface area contributed by atoms with Crippen LogP contribution in [0.3, 0.4) is 0 Å². The van der Waals surface area contributed by atoms with E-state index < -0.39 is 43.7 Å². The summed E-state index contributed by atoms with van der Waals surface area (Å²) in [7, 11) is 0. The molecule has 0 aromatic heterocycles. The van der Waals surface area contributed by atoms with Gasteiger partial charge in [-0.25, -0.2) is 0 Å². The zero-order valence-corrected chi connectivity index (χ0v) is 11.6. The third-order valence-electron chi connectivity index (χ3n) is 3.30. The standard InChI is InChI=1S/C11H9ClF3N3O4/c12-8-6(11(13,14)15)5-7(17(19)20)9(10(8)18(21)22)16-3-1-2-4-16/h5H,1-4H2. The zero-order chi connectivity index (χ0) is 16.7. The number of hydrogen-bond acceptors (Lipinski definition) is 5. The van der Waals surface area contributed by atoms with Crippen molar-refractivity contribution in [2.75, 3.05) is 18.0 Å². The number of anilines is 1. The molecule has 1 aromatic rings. The van der Waals surface area contributed by atoms with E-state index in [-0.39, 0.29) is 19.2 Å². The lowest BCUT2D eigenvalue weighted by molar-refractivity contribution is -0.392. The first-order valence-corrected chi connectivity index (χ1v) is 6.49. The van der Waals surface area contributed by atoms with E-state index in [2.05, 4.69) is 0 Å². The van der Waals surface area contributed by atoms with Crippen molar-refractivity contribution in [1.82, 2.24) is 0 Å². The van der Waals surface area contributed by atoms with Crippen LogP contribution in [0.15, 0.2) is 6.07 Å². The maximum atomic E-state index is 12.9. The van der Waals surface area contributed by atoms with Crippen molar-refractivity contribution >= 4 is 28.7 Å². The van der Waals surface area contributed by atoms with Gasteiger partial charge in [-0.05, 0) is 12.8 Å². The Hall–Kier alpha value is -2.10. The van der Waals surface area contributed by atoms with Crippen LogP contribution in [0.4, 0.5) is 30.2 Å². The van der Waals surface area contributed by atoms with Crippen molar-refractivity contribution in [3.63, 3.8) is 0 Å². The highest BCUT2D eigenvalue weighted by Crippen LogP contribution is 2.49. The Morgan fingerprint density at radius 1 is 1.14 bits per heavy atom. The molecule has 0 aliphatic carbocycles.